The molecule has 0 saturated heterocycles. The smallest absolute Gasteiger partial charge is 0.126 e. The third-order valence-electron chi connectivity index (χ3n) is 3.11. The number of anilines is 1. The molecular formula is C16H20N2O2S. The van der Waals surface area contributed by atoms with Crippen LogP contribution in [0.4, 0.5) is 5.82 Å². The van der Waals surface area contributed by atoms with Gasteiger partial charge in [-0.2, -0.15) is 11.8 Å². The normalized spacial score (nSPS) is 10.6. The lowest BCUT2D eigenvalue weighted by atomic mass is 10.1. The Morgan fingerprint density at radius 2 is 2.14 bits per heavy atom. The number of pyridine rings is 1. The number of nitrogens with zero attached hydrogens (tertiary/aromatic N) is 1. The fourth-order valence-electron chi connectivity index (χ4n) is 1.96. The topological polar surface area (TPSA) is 65.4 Å². The molecule has 1 aromatic heterocycles. The molecule has 0 spiro atoms. The van der Waals surface area contributed by atoms with Gasteiger partial charge in [0.1, 0.15) is 11.6 Å². The Hall–Kier alpha value is -1.72. The van der Waals surface area contributed by atoms with Crippen LogP contribution in [0.2, 0.25) is 0 Å². The van der Waals surface area contributed by atoms with Gasteiger partial charge in [0.05, 0.1) is 6.61 Å². The molecular weight excluding hydrogens is 284 g/mol. The summed E-state index contributed by atoms with van der Waals surface area (Å²) < 4.78 is 0. The number of benzene rings is 1. The number of aromatic nitrogens is 1. The molecule has 21 heavy (non-hydrogen) atoms. The fraction of sp³-hybridized carbons (Fsp3) is 0.312. The number of aliphatic hydroxyl groups is 1. The van der Waals surface area contributed by atoms with Crippen LogP contribution in [-0.4, -0.2) is 27.6 Å². The molecule has 0 amide bonds. The van der Waals surface area contributed by atoms with Crippen LogP contribution < -0.4 is 5.32 Å². The van der Waals surface area contributed by atoms with E-state index in [9.17, 15) is 5.11 Å². The van der Waals surface area contributed by atoms with Gasteiger partial charge in [0.2, 0.25) is 0 Å². The van der Waals surface area contributed by atoms with Crippen LogP contribution in [0.15, 0.2) is 36.5 Å². The third-order valence-corrected chi connectivity index (χ3v) is 4.12. The van der Waals surface area contributed by atoms with E-state index < -0.39 is 0 Å². The quantitative estimate of drug-likeness (QED) is 0.686. The lowest BCUT2D eigenvalue weighted by molar-refractivity contribution is 0.322. The van der Waals surface area contributed by atoms with Crippen LogP contribution in [0, 0.1) is 6.92 Å². The minimum absolute atomic E-state index is 0.202. The molecule has 0 radical (unpaired) electrons. The van der Waals surface area contributed by atoms with Crippen molar-refractivity contribution in [2.45, 2.75) is 19.2 Å². The highest BCUT2D eigenvalue weighted by molar-refractivity contribution is 7.98. The van der Waals surface area contributed by atoms with Crippen molar-refractivity contribution in [3.05, 3.63) is 53.2 Å². The van der Waals surface area contributed by atoms with Gasteiger partial charge in [0.25, 0.3) is 0 Å². The number of para-hydroxylation sites is 1. The Bertz CT molecular complexity index is 590. The average Bonchev–Trinajstić information content (AvgIpc) is 2.50. The fourth-order valence-corrected chi connectivity index (χ4v) is 2.65. The number of thioether (sulfide) groups is 1. The van der Waals surface area contributed by atoms with Crippen LogP contribution in [0.25, 0.3) is 0 Å². The molecule has 4 nitrogen and oxygen atoms in total. The van der Waals surface area contributed by atoms with E-state index in [0.717, 1.165) is 28.5 Å². The van der Waals surface area contributed by atoms with Crippen LogP contribution in [0.5, 0.6) is 5.75 Å². The summed E-state index contributed by atoms with van der Waals surface area (Å²) in [6, 6.07) is 9.69. The minimum atomic E-state index is 0.202. The summed E-state index contributed by atoms with van der Waals surface area (Å²) in [7, 11) is 0. The van der Waals surface area contributed by atoms with Gasteiger partial charge in [-0.1, -0.05) is 18.2 Å². The molecule has 0 bridgehead atoms. The zero-order chi connectivity index (χ0) is 15.1. The first-order valence-corrected chi connectivity index (χ1v) is 8.01. The Balaban J connectivity index is 1.96. The number of aliphatic hydroxyl groups excluding tert-OH is 1. The maximum Gasteiger partial charge on any atom is 0.126 e. The summed E-state index contributed by atoms with van der Waals surface area (Å²) in [5, 5.41) is 22.0. The maximum absolute atomic E-state index is 9.99. The molecule has 2 aromatic rings. The third kappa shape index (κ3) is 4.65. The van der Waals surface area contributed by atoms with Gasteiger partial charge in [0.15, 0.2) is 0 Å². The first-order valence-electron chi connectivity index (χ1n) is 6.85. The van der Waals surface area contributed by atoms with Crippen molar-refractivity contribution >= 4 is 17.6 Å². The Labute approximate surface area is 129 Å². The zero-order valence-electron chi connectivity index (χ0n) is 12.0. The monoisotopic (exact) mass is 304 g/mol. The minimum Gasteiger partial charge on any atom is -0.507 e. The van der Waals surface area contributed by atoms with Crippen LogP contribution in [-0.2, 0) is 12.3 Å². The van der Waals surface area contributed by atoms with Crippen molar-refractivity contribution in [1.29, 1.82) is 0 Å². The molecule has 0 aliphatic heterocycles. The van der Waals surface area contributed by atoms with E-state index in [-0.39, 0.29) is 6.61 Å². The summed E-state index contributed by atoms with van der Waals surface area (Å²) in [4.78, 5) is 4.28. The van der Waals surface area contributed by atoms with Crippen molar-refractivity contribution in [3.63, 3.8) is 0 Å². The molecule has 2 rings (SSSR count). The van der Waals surface area contributed by atoms with Crippen molar-refractivity contribution in [3.8, 4) is 5.75 Å². The van der Waals surface area contributed by atoms with E-state index in [1.807, 2.05) is 37.3 Å². The van der Waals surface area contributed by atoms with Crippen LogP contribution in [0.3, 0.4) is 0 Å². The molecule has 1 aromatic carbocycles. The van der Waals surface area contributed by atoms with Crippen molar-refractivity contribution in [2.75, 3.05) is 17.7 Å². The second-order valence-corrected chi connectivity index (χ2v) is 5.87. The lowest BCUT2D eigenvalue weighted by Gasteiger charge is -2.10. The van der Waals surface area contributed by atoms with E-state index in [0.29, 0.717) is 12.3 Å². The van der Waals surface area contributed by atoms with E-state index >= 15 is 0 Å². The maximum atomic E-state index is 9.99. The number of aromatic hydroxyl groups is 1. The molecule has 5 heteroatoms. The largest absolute Gasteiger partial charge is 0.507 e. The number of phenols is 1. The van der Waals surface area contributed by atoms with Gasteiger partial charge < -0.3 is 15.5 Å². The number of nitrogens with one attached hydrogen (secondary N) is 1. The van der Waals surface area contributed by atoms with E-state index in [4.69, 9.17) is 5.11 Å². The first kappa shape index (κ1) is 15.7. The summed E-state index contributed by atoms with van der Waals surface area (Å²) in [6.45, 7) is 2.62. The van der Waals surface area contributed by atoms with E-state index in [2.05, 4.69) is 10.3 Å². The van der Waals surface area contributed by atoms with Crippen molar-refractivity contribution in [1.82, 2.24) is 4.98 Å². The number of hydrogen-bond acceptors (Lipinski definition) is 5. The van der Waals surface area contributed by atoms with Gasteiger partial charge in [-0.3, -0.25) is 0 Å². The van der Waals surface area contributed by atoms with Crippen LogP contribution >= 0.6 is 11.8 Å². The molecule has 0 saturated carbocycles. The SMILES string of the molecule is Cc1cccc(CNc2cc(CSCCO)ccn2)c1O. The highest BCUT2D eigenvalue weighted by atomic mass is 32.2. The molecule has 0 aliphatic rings. The molecule has 0 unspecified atom stereocenters. The summed E-state index contributed by atoms with van der Waals surface area (Å²) in [5.41, 5.74) is 2.90. The van der Waals surface area contributed by atoms with Crippen molar-refractivity contribution in [2.24, 2.45) is 0 Å². The van der Waals surface area contributed by atoms with Gasteiger partial charge >= 0.3 is 0 Å². The summed E-state index contributed by atoms with van der Waals surface area (Å²) in [5.74, 6) is 2.72. The number of hydrogen-bond donors (Lipinski definition) is 3. The molecule has 0 fully saturated rings. The lowest BCUT2D eigenvalue weighted by Crippen LogP contribution is -2.02. The number of phenolic OH excluding ortho intramolecular Hbond substituents is 1. The predicted octanol–water partition coefficient (Wildman–Crippen LogP) is 2.93. The van der Waals surface area contributed by atoms with Gasteiger partial charge in [-0.25, -0.2) is 4.98 Å². The van der Waals surface area contributed by atoms with Crippen molar-refractivity contribution < 1.29 is 10.2 Å². The highest BCUT2D eigenvalue weighted by Gasteiger charge is 2.04. The molecule has 3 N–H and O–H groups in total. The number of rotatable bonds is 7. The average molecular weight is 304 g/mol. The standard InChI is InChI=1S/C16H20N2O2S/c1-12-3-2-4-14(16(12)20)10-18-15-9-13(5-6-17-15)11-21-8-7-19/h2-6,9,19-20H,7-8,10-11H2,1H3,(H,17,18). The first-order chi connectivity index (χ1) is 10.2. The Morgan fingerprint density at radius 1 is 1.29 bits per heavy atom. The van der Waals surface area contributed by atoms with Gasteiger partial charge in [-0.15, -0.1) is 0 Å². The summed E-state index contributed by atoms with van der Waals surface area (Å²) >= 11 is 1.69. The number of aryl methyl sites for hydroxylation is 1. The van der Waals surface area contributed by atoms with Crippen LogP contribution in [0.1, 0.15) is 16.7 Å². The highest BCUT2D eigenvalue weighted by Crippen LogP contribution is 2.22. The Morgan fingerprint density at radius 3 is 2.95 bits per heavy atom. The predicted molar refractivity (Wildman–Crippen MR) is 87.7 cm³/mol. The second kappa shape index (κ2) is 7.90. The van der Waals surface area contributed by atoms with E-state index in [1.54, 1.807) is 18.0 Å². The van der Waals surface area contributed by atoms with E-state index in [1.165, 1.54) is 5.56 Å². The summed E-state index contributed by atoms with van der Waals surface area (Å²) in [6.07, 6.45) is 1.77. The molecule has 0 aliphatic carbocycles. The van der Waals surface area contributed by atoms with Gasteiger partial charge in [0, 0.05) is 29.8 Å². The van der Waals surface area contributed by atoms with Gasteiger partial charge in [-0.05, 0) is 30.2 Å². The Kier molecular flexibility index (Phi) is 5.90. The molecule has 112 valence electrons. The molecule has 1 heterocycles. The second-order valence-electron chi connectivity index (χ2n) is 4.76. The zero-order valence-corrected chi connectivity index (χ0v) is 12.9. The molecule has 0 atom stereocenters.